The van der Waals surface area contributed by atoms with Crippen molar-refractivity contribution in [1.29, 1.82) is 0 Å². The largest absolute Gasteiger partial charge is 0.481 e. The van der Waals surface area contributed by atoms with E-state index in [1.54, 1.807) is 31.7 Å². The molecule has 2 N–H and O–H groups in total. The van der Waals surface area contributed by atoms with Crippen molar-refractivity contribution in [3.8, 4) is 17.2 Å². The first-order chi connectivity index (χ1) is 13.6. The molecule has 0 saturated heterocycles. The highest BCUT2D eigenvalue weighted by Crippen LogP contribution is 2.38. The number of furan rings is 1. The zero-order chi connectivity index (χ0) is 19.5. The maximum atomic E-state index is 13.0. The van der Waals surface area contributed by atoms with Gasteiger partial charge in [-0.1, -0.05) is 18.2 Å². The molecule has 0 aliphatic heterocycles. The summed E-state index contributed by atoms with van der Waals surface area (Å²) in [6.07, 6.45) is 4.33. The molecule has 0 radical (unpaired) electrons. The van der Waals surface area contributed by atoms with Crippen LogP contribution in [0.1, 0.15) is 34.8 Å². The van der Waals surface area contributed by atoms with E-state index in [4.69, 9.17) is 9.15 Å². The second-order valence-electron chi connectivity index (χ2n) is 7.03. The second kappa shape index (κ2) is 7.86. The number of pyridine rings is 1. The first-order valence-electron chi connectivity index (χ1n) is 9.27. The third-order valence-electron chi connectivity index (χ3n) is 5.17. The van der Waals surface area contributed by atoms with E-state index < -0.39 is 0 Å². The van der Waals surface area contributed by atoms with Gasteiger partial charge in [0.25, 0.3) is 5.91 Å². The van der Waals surface area contributed by atoms with Gasteiger partial charge in [0.05, 0.1) is 25.5 Å². The lowest BCUT2D eigenvalue weighted by atomic mass is 9.75. The summed E-state index contributed by atoms with van der Waals surface area (Å²) in [7, 11) is 1.57. The van der Waals surface area contributed by atoms with Crippen molar-refractivity contribution in [3.05, 3.63) is 72.1 Å². The molecule has 144 valence electrons. The standard InChI is InChI=1S/C22H22N2O4/c1-27-20-8-7-16(13-23-20)21(17-11-18(25)12-17)24-22(26)15-5-2-4-14(10-15)19-6-3-9-28-19/h2-10,13,17-18,21,25H,11-12H2,1H3,(H,24,26)/t17?,18?,21-/m0/s1. The van der Waals surface area contributed by atoms with Crippen molar-refractivity contribution < 1.29 is 19.1 Å². The highest BCUT2D eigenvalue weighted by atomic mass is 16.5. The Morgan fingerprint density at radius 3 is 2.75 bits per heavy atom. The number of benzene rings is 1. The van der Waals surface area contributed by atoms with Gasteiger partial charge in [0.15, 0.2) is 0 Å². The zero-order valence-corrected chi connectivity index (χ0v) is 15.5. The van der Waals surface area contributed by atoms with Gasteiger partial charge in [0.1, 0.15) is 5.76 Å². The molecule has 1 aromatic carbocycles. The van der Waals surface area contributed by atoms with Crippen molar-refractivity contribution in [2.24, 2.45) is 5.92 Å². The van der Waals surface area contributed by atoms with E-state index in [1.165, 1.54) is 0 Å². The molecule has 1 aliphatic rings. The Bertz CT molecular complexity index is 931. The summed E-state index contributed by atoms with van der Waals surface area (Å²) in [5.74, 6) is 1.24. The SMILES string of the molecule is COc1ccc([C@H](NC(=O)c2cccc(-c3ccco3)c2)C2CC(O)C2)cn1. The summed E-state index contributed by atoms with van der Waals surface area (Å²) in [6.45, 7) is 0. The number of nitrogens with zero attached hydrogens (tertiary/aromatic N) is 1. The number of aliphatic hydroxyl groups excluding tert-OH is 1. The maximum absolute atomic E-state index is 13.0. The number of nitrogens with one attached hydrogen (secondary N) is 1. The van der Waals surface area contributed by atoms with Gasteiger partial charge in [0.2, 0.25) is 5.88 Å². The molecule has 4 rings (SSSR count). The lowest BCUT2D eigenvalue weighted by molar-refractivity contribution is 0.0234. The van der Waals surface area contributed by atoms with Gasteiger partial charge in [-0.05, 0) is 48.6 Å². The Hall–Kier alpha value is -3.12. The molecule has 2 aromatic heterocycles. The van der Waals surface area contributed by atoms with Crippen LogP contribution in [-0.4, -0.2) is 29.2 Å². The van der Waals surface area contributed by atoms with Crippen LogP contribution in [0.15, 0.2) is 65.4 Å². The van der Waals surface area contributed by atoms with E-state index in [2.05, 4.69) is 10.3 Å². The fourth-order valence-corrected chi connectivity index (χ4v) is 3.55. The molecule has 1 atom stereocenters. The highest BCUT2D eigenvalue weighted by molar-refractivity contribution is 5.95. The van der Waals surface area contributed by atoms with Crippen LogP contribution in [0.4, 0.5) is 0 Å². The van der Waals surface area contributed by atoms with E-state index in [1.807, 2.05) is 36.4 Å². The molecule has 1 amide bonds. The van der Waals surface area contributed by atoms with Gasteiger partial charge in [-0.15, -0.1) is 0 Å². The minimum Gasteiger partial charge on any atom is -0.481 e. The molecule has 2 heterocycles. The van der Waals surface area contributed by atoms with Crippen LogP contribution >= 0.6 is 0 Å². The molecule has 0 unspecified atom stereocenters. The van der Waals surface area contributed by atoms with Crippen LogP contribution in [0.3, 0.4) is 0 Å². The van der Waals surface area contributed by atoms with E-state index in [-0.39, 0.29) is 24.0 Å². The molecule has 6 heteroatoms. The van der Waals surface area contributed by atoms with Crippen molar-refractivity contribution in [3.63, 3.8) is 0 Å². The number of hydrogen-bond acceptors (Lipinski definition) is 5. The number of methoxy groups -OCH3 is 1. The van der Waals surface area contributed by atoms with Crippen molar-refractivity contribution in [2.75, 3.05) is 7.11 Å². The lowest BCUT2D eigenvalue weighted by Gasteiger charge is -2.38. The molecule has 1 saturated carbocycles. The first-order valence-corrected chi connectivity index (χ1v) is 9.27. The quantitative estimate of drug-likeness (QED) is 0.685. The van der Waals surface area contributed by atoms with E-state index in [0.717, 1.165) is 11.1 Å². The number of hydrogen-bond donors (Lipinski definition) is 2. The number of carbonyl (C=O) groups excluding carboxylic acids is 1. The highest BCUT2D eigenvalue weighted by Gasteiger charge is 2.36. The second-order valence-corrected chi connectivity index (χ2v) is 7.03. The Balaban J connectivity index is 1.56. The predicted molar refractivity (Wildman–Crippen MR) is 104 cm³/mol. The number of ether oxygens (including phenoxy) is 1. The fraction of sp³-hybridized carbons (Fsp3) is 0.273. The summed E-state index contributed by atoms with van der Waals surface area (Å²) in [6, 6.07) is 14.5. The van der Waals surface area contributed by atoms with Crippen molar-refractivity contribution in [2.45, 2.75) is 25.0 Å². The molecular weight excluding hydrogens is 356 g/mol. The van der Waals surface area contributed by atoms with Crippen LogP contribution in [0.2, 0.25) is 0 Å². The van der Waals surface area contributed by atoms with Crippen LogP contribution in [0.5, 0.6) is 5.88 Å². The molecule has 6 nitrogen and oxygen atoms in total. The third kappa shape index (κ3) is 3.77. The first kappa shape index (κ1) is 18.3. The lowest BCUT2D eigenvalue weighted by Crippen LogP contribution is -2.41. The monoisotopic (exact) mass is 378 g/mol. The summed E-state index contributed by atoms with van der Waals surface area (Å²) >= 11 is 0. The van der Waals surface area contributed by atoms with Gasteiger partial charge in [-0.3, -0.25) is 4.79 Å². The van der Waals surface area contributed by atoms with Gasteiger partial charge in [-0.2, -0.15) is 0 Å². The number of carbonyl (C=O) groups is 1. The van der Waals surface area contributed by atoms with E-state index >= 15 is 0 Å². The normalized spacial score (nSPS) is 19.5. The van der Waals surface area contributed by atoms with Crippen LogP contribution < -0.4 is 10.1 Å². The summed E-state index contributed by atoms with van der Waals surface area (Å²) in [5.41, 5.74) is 2.30. The Kier molecular flexibility index (Phi) is 5.12. The third-order valence-corrected chi connectivity index (χ3v) is 5.17. The van der Waals surface area contributed by atoms with Gasteiger partial charge >= 0.3 is 0 Å². The van der Waals surface area contributed by atoms with E-state index in [0.29, 0.717) is 30.0 Å². The molecule has 1 aliphatic carbocycles. The number of rotatable bonds is 6. The average Bonchev–Trinajstić information content (AvgIpc) is 3.25. The molecule has 3 aromatic rings. The molecule has 0 spiro atoms. The van der Waals surface area contributed by atoms with Gasteiger partial charge in [-0.25, -0.2) is 4.98 Å². The number of aromatic nitrogens is 1. The Morgan fingerprint density at radius 1 is 1.25 bits per heavy atom. The van der Waals surface area contributed by atoms with Gasteiger partial charge < -0.3 is 19.6 Å². The topological polar surface area (TPSA) is 84.6 Å². The van der Waals surface area contributed by atoms with Crippen LogP contribution in [0.25, 0.3) is 11.3 Å². The number of aliphatic hydroxyl groups is 1. The van der Waals surface area contributed by atoms with E-state index in [9.17, 15) is 9.90 Å². The average molecular weight is 378 g/mol. The zero-order valence-electron chi connectivity index (χ0n) is 15.5. The minimum atomic E-state index is -0.308. The smallest absolute Gasteiger partial charge is 0.251 e. The molecule has 0 bridgehead atoms. The summed E-state index contributed by atoms with van der Waals surface area (Å²) < 4.78 is 10.5. The van der Waals surface area contributed by atoms with Crippen LogP contribution in [0, 0.1) is 5.92 Å². The predicted octanol–water partition coefficient (Wildman–Crippen LogP) is 3.59. The maximum Gasteiger partial charge on any atom is 0.251 e. The van der Waals surface area contributed by atoms with Crippen molar-refractivity contribution in [1.82, 2.24) is 10.3 Å². The molecule has 28 heavy (non-hydrogen) atoms. The minimum absolute atomic E-state index is 0.169. The summed E-state index contributed by atoms with van der Waals surface area (Å²) in [4.78, 5) is 17.2. The van der Waals surface area contributed by atoms with Crippen molar-refractivity contribution >= 4 is 5.91 Å². The molecular formula is C22H22N2O4. The fourth-order valence-electron chi connectivity index (χ4n) is 3.55. The van der Waals surface area contributed by atoms with Gasteiger partial charge in [0, 0.05) is 23.4 Å². The Morgan fingerprint density at radius 2 is 2.11 bits per heavy atom. The number of amides is 1. The summed E-state index contributed by atoms with van der Waals surface area (Å²) in [5, 5.41) is 12.9. The van der Waals surface area contributed by atoms with Crippen LogP contribution in [-0.2, 0) is 0 Å². The molecule has 1 fully saturated rings. The Labute approximate surface area is 163 Å².